The van der Waals surface area contributed by atoms with Crippen molar-refractivity contribution in [2.45, 2.75) is 31.7 Å². The molecule has 1 aromatic carbocycles. The number of esters is 1. The molecule has 2 atom stereocenters. The van der Waals surface area contributed by atoms with Gasteiger partial charge in [-0.05, 0) is 49.4 Å². The summed E-state index contributed by atoms with van der Waals surface area (Å²) in [6.45, 7) is 0.396. The van der Waals surface area contributed by atoms with Crippen molar-refractivity contribution < 1.29 is 18.7 Å². The van der Waals surface area contributed by atoms with Crippen LogP contribution in [0.3, 0.4) is 0 Å². The Labute approximate surface area is 122 Å². The lowest BCUT2D eigenvalue weighted by atomic mass is 9.91. The van der Waals surface area contributed by atoms with Crippen LogP contribution in [0.5, 0.6) is 0 Å². The molecule has 0 N–H and O–H groups in total. The second-order valence-electron chi connectivity index (χ2n) is 5.75. The molecule has 0 bridgehead atoms. The van der Waals surface area contributed by atoms with E-state index in [2.05, 4.69) is 0 Å². The van der Waals surface area contributed by atoms with E-state index in [0.717, 1.165) is 24.8 Å². The molecule has 0 radical (unpaired) electrons. The van der Waals surface area contributed by atoms with Crippen molar-refractivity contribution in [1.29, 1.82) is 0 Å². The Morgan fingerprint density at radius 3 is 2.90 bits per heavy atom. The Morgan fingerprint density at radius 2 is 2.14 bits per heavy atom. The molecule has 0 saturated carbocycles. The summed E-state index contributed by atoms with van der Waals surface area (Å²) >= 11 is 0. The molecular formula is C16H18FNO3. The van der Waals surface area contributed by atoms with Gasteiger partial charge >= 0.3 is 5.97 Å². The minimum Gasteiger partial charge on any atom is -0.469 e. The van der Waals surface area contributed by atoms with Gasteiger partial charge in [-0.3, -0.25) is 9.59 Å². The number of carbonyl (C=O) groups is 2. The lowest BCUT2D eigenvalue weighted by Gasteiger charge is -2.37. The zero-order valence-corrected chi connectivity index (χ0v) is 12.0. The third kappa shape index (κ3) is 2.52. The fourth-order valence-electron chi connectivity index (χ4n) is 3.39. The van der Waals surface area contributed by atoms with Crippen molar-refractivity contribution in [1.82, 2.24) is 4.90 Å². The summed E-state index contributed by atoms with van der Waals surface area (Å²) in [4.78, 5) is 26.2. The van der Waals surface area contributed by atoms with Crippen LogP contribution >= 0.6 is 0 Å². The lowest BCUT2D eigenvalue weighted by Crippen LogP contribution is -2.48. The molecule has 1 saturated heterocycles. The molecule has 1 aromatic rings. The van der Waals surface area contributed by atoms with Gasteiger partial charge in [0.25, 0.3) is 5.91 Å². The van der Waals surface area contributed by atoms with Crippen molar-refractivity contribution in [3.63, 3.8) is 0 Å². The molecule has 0 aliphatic carbocycles. The normalized spacial score (nSPS) is 24.9. The van der Waals surface area contributed by atoms with E-state index in [9.17, 15) is 14.0 Å². The van der Waals surface area contributed by atoms with Crippen molar-refractivity contribution in [3.8, 4) is 0 Å². The van der Waals surface area contributed by atoms with Crippen molar-refractivity contribution in [3.05, 3.63) is 35.1 Å². The Hall–Kier alpha value is -1.91. The molecule has 2 aliphatic heterocycles. The molecular weight excluding hydrogens is 273 g/mol. The number of methoxy groups -OCH3 is 1. The summed E-state index contributed by atoms with van der Waals surface area (Å²) in [5.41, 5.74) is 1.33. The van der Waals surface area contributed by atoms with E-state index >= 15 is 0 Å². The molecule has 1 amide bonds. The molecule has 1 fully saturated rings. The van der Waals surface area contributed by atoms with Gasteiger partial charge in [-0.1, -0.05) is 0 Å². The lowest BCUT2D eigenvalue weighted by molar-refractivity contribution is -0.147. The van der Waals surface area contributed by atoms with Crippen LogP contribution in [0, 0.1) is 11.7 Å². The topological polar surface area (TPSA) is 46.6 Å². The van der Waals surface area contributed by atoms with Gasteiger partial charge in [0.15, 0.2) is 0 Å². The second kappa shape index (κ2) is 5.47. The van der Waals surface area contributed by atoms with E-state index in [1.807, 2.05) is 0 Å². The molecule has 5 heteroatoms. The number of carbonyl (C=O) groups excluding carboxylic acids is 2. The van der Waals surface area contributed by atoms with Gasteiger partial charge in [-0.15, -0.1) is 0 Å². The summed E-state index contributed by atoms with van der Waals surface area (Å²) in [6, 6.07) is 4.45. The van der Waals surface area contributed by atoms with Crippen LogP contribution < -0.4 is 0 Å². The van der Waals surface area contributed by atoms with E-state index < -0.39 is 0 Å². The zero-order valence-electron chi connectivity index (χ0n) is 12.0. The van der Waals surface area contributed by atoms with Crippen LogP contribution in [0.15, 0.2) is 18.2 Å². The highest BCUT2D eigenvalue weighted by Gasteiger charge is 2.37. The largest absolute Gasteiger partial charge is 0.469 e. The first-order chi connectivity index (χ1) is 10.1. The van der Waals surface area contributed by atoms with Crippen LogP contribution in [0.2, 0.25) is 0 Å². The highest BCUT2D eigenvalue weighted by atomic mass is 19.1. The Morgan fingerprint density at radius 1 is 1.33 bits per heavy atom. The number of benzene rings is 1. The number of fused-ring (bicyclic) bond motifs is 2. The molecule has 0 spiro atoms. The van der Waals surface area contributed by atoms with Crippen molar-refractivity contribution in [2.24, 2.45) is 5.92 Å². The number of piperidine rings is 1. The average molecular weight is 291 g/mol. The highest BCUT2D eigenvalue weighted by Crippen LogP contribution is 2.31. The van der Waals surface area contributed by atoms with Gasteiger partial charge in [-0.25, -0.2) is 4.39 Å². The summed E-state index contributed by atoms with van der Waals surface area (Å²) in [7, 11) is 1.37. The van der Waals surface area contributed by atoms with Gasteiger partial charge in [-0.2, -0.15) is 0 Å². The number of ether oxygens (including phenoxy) is 1. The Bertz CT molecular complexity index is 587. The van der Waals surface area contributed by atoms with Crippen molar-refractivity contribution in [2.75, 3.05) is 13.7 Å². The summed E-state index contributed by atoms with van der Waals surface area (Å²) in [5.74, 6) is -0.919. The van der Waals surface area contributed by atoms with Crippen LogP contribution in [-0.4, -0.2) is 36.5 Å². The fourth-order valence-corrected chi connectivity index (χ4v) is 3.39. The molecule has 4 nitrogen and oxygen atoms in total. The summed E-state index contributed by atoms with van der Waals surface area (Å²) in [6.07, 6.45) is 3.05. The molecule has 0 unspecified atom stereocenters. The SMILES string of the molecule is COC(=O)[C@H]1CC[C@@H]2CCc3cc(F)ccc3C(=O)N2C1. The molecule has 112 valence electrons. The number of aryl methyl sites for hydroxylation is 1. The molecule has 3 rings (SSSR count). The predicted molar refractivity (Wildman–Crippen MR) is 74.3 cm³/mol. The first-order valence-corrected chi connectivity index (χ1v) is 7.27. The van der Waals surface area contributed by atoms with Gasteiger partial charge in [0, 0.05) is 18.2 Å². The van der Waals surface area contributed by atoms with E-state index in [1.54, 1.807) is 11.0 Å². The van der Waals surface area contributed by atoms with Gasteiger partial charge in [0.1, 0.15) is 5.82 Å². The second-order valence-corrected chi connectivity index (χ2v) is 5.75. The minimum absolute atomic E-state index is 0.0962. The maximum absolute atomic E-state index is 13.4. The standard InChI is InChI=1S/C16H18FNO3/c1-21-16(20)11-3-6-13-5-2-10-8-12(17)4-7-14(10)15(19)18(13)9-11/h4,7-8,11,13H,2-3,5-6,9H2,1H3/t11-,13-/m0/s1. The molecule has 0 aromatic heterocycles. The summed E-state index contributed by atoms with van der Waals surface area (Å²) < 4.78 is 18.1. The number of hydrogen-bond donors (Lipinski definition) is 0. The van der Waals surface area contributed by atoms with Crippen LogP contribution in [0.25, 0.3) is 0 Å². The average Bonchev–Trinajstić information content (AvgIpc) is 2.63. The van der Waals surface area contributed by atoms with E-state index in [-0.39, 0.29) is 29.7 Å². The maximum Gasteiger partial charge on any atom is 0.310 e. The minimum atomic E-state index is -0.311. The first-order valence-electron chi connectivity index (χ1n) is 7.27. The van der Waals surface area contributed by atoms with Gasteiger partial charge < -0.3 is 9.64 Å². The smallest absolute Gasteiger partial charge is 0.310 e. The van der Waals surface area contributed by atoms with Crippen LogP contribution in [0.1, 0.15) is 35.2 Å². The Kier molecular flexibility index (Phi) is 3.66. The van der Waals surface area contributed by atoms with Crippen LogP contribution in [0.4, 0.5) is 4.39 Å². The quantitative estimate of drug-likeness (QED) is 0.745. The van der Waals surface area contributed by atoms with Gasteiger partial charge in [0.05, 0.1) is 13.0 Å². The fraction of sp³-hybridized carbons (Fsp3) is 0.500. The number of nitrogens with zero attached hydrogens (tertiary/aromatic N) is 1. The monoisotopic (exact) mass is 291 g/mol. The highest BCUT2D eigenvalue weighted by molar-refractivity contribution is 5.96. The van der Waals surface area contributed by atoms with Crippen LogP contribution in [-0.2, 0) is 16.0 Å². The predicted octanol–water partition coefficient (Wildman–Crippen LogP) is 2.17. The van der Waals surface area contributed by atoms with E-state index in [4.69, 9.17) is 4.74 Å². The summed E-state index contributed by atoms with van der Waals surface area (Å²) in [5, 5.41) is 0. The number of rotatable bonds is 1. The third-order valence-electron chi connectivity index (χ3n) is 4.55. The third-order valence-corrected chi connectivity index (χ3v) is 4.55. The van der Waals surface area contributed by atoms with E-state index in [1.165, 1.54) is 19.2 Å². The van der Waals surface area contributed by atoms with E-state index in [0.29, 0.717) is 18.5 Å². The molecule has 2 heterocycles. The maximum atomic E-state index is 13.4. The van der Waals surface area contributed by atoms with Crippen molar-refractivity contribution >= 4 is 11.9 Å². The molecule has 21 heavy (non-hydrogen) atoms. The Balaban J connectivity index is 1.89. The number of amides is 1. The zero-order chi connectivity index (χ0) is 15.0. The number of hydrogen-bond acceptors (Lipinski definition) is 3. The molecule has 2 aliphatic rings. The first kappa shape index (κ1) is 14.0. The number of halogens is 1. The van der Waals surface area contributed by atoms with Gasteiger partial charge in [0.2, 0.25) is 0 Å².